The third-order valence-corrected chi connectivity index (χ3v) is 2.48. The minimum absolute atomic E-state index is 0.351. The van der Waals surface area contributed by atoms with Gasteiger partial charge in [0.1, 0.15) is 6.07 Å². The predicted octanol–water partition coefficient (Wildman–Crippen LogP) is 2.39. The van der Waals surface area contributed by atoms with Crippen molar-refractivity contribution in [2.24, 2.45) is 0 Å². The monoisotopic (exact) mass is 209 g/mol. The maximum absolute atomic E-state index is 9.10. The van der Waals surface area contributed by atoms with Crippen molar-refractivity contribution >= 4 is 11.4 Å². The van der Waals surface area contributed by atoms with Crippen LogP contribution >= 0.6 is 0 Å². The van der Waals surface area contributed by atoms with Gasteiger partial charge in [0.25, 0.3) is 0 Å². The number of nitrogens with two attached hydrogens (primary N) is 2. The van der Waals surface area contributed by atoms with Crippen molar-refractivity contribution < 1.29 is 0 Å². The number of hydrogen-bond donors (Lipinski definition) is 2. The van der Waals surface area contributed by atoms with E-state index in [2.05, 4.69) is 6.07 Å². The molecule has 0 spiro atoms. The van der Waals surface area contributed by atoms with Crippen LogP contribution < -0.4 is 11.5 Å². The minimum Gasteiger partial charge on any atom is -0.397 e. The highest BCUT2D eigenvalue weighted by Crippen LogP contribution is 2.30. The summed E-state index contributed by atoms with van der Waals surface area (Å²) < 4.78 is 0. The van der Waals surface area contributed by atoms with Crippen LogP contribution in [0.25, 0.3) is 11.1 Å². The van der Waals surface area contributed by atoms with Crippen molar-refractivity contribution in [3.8, 4) is 17.2 Å². The molecule has 0 amide bonds. The van der Waals surface area contributed by atoms with Crippen molar-refractivity contribution in [1.29, 1.82) is 5.26 Å². The highest BCUT2D eigenvalue weighted by atomic mass is 14.7. The van der Waals surface area contributed by atoms with Crippen LogP contribution in [0.1, 0.15) is 5.56 Å². The van der Waals surface area contributed by atoms with Crippen LogP contribution in [-0.4, -0.2) is 0 Å². The number of rotatable bonds is 1. The first-order chi connectivity index (χ1) is 7.74. The molecule has 0 bridgehead atoms. The molecule has 0 heterocycles. The molecule has 16 heavy (non-hydrogen) atoms. The Morgan fingerprint density at radius 3 is 2.25 bits per heavy atom. The van der Waals surface area contributed by atoms with E-state index in [1.807, 2.05) is 36.4 Å². The van der Waals surface area contributed by atoms with E-state index in [1.54, 1.807) is 6.07 Å². The van der Waals surface area contributed by atoms with Crippen LogP contribution in [0.5, 0.6) is 0 Å². The molecule has 78 valence electrons. The van der Waals surface area contributed by atoms with Gasteiger partial charge in [-0.05, 0) is 11.6 Å². The lowest BCUT2D eigenvalue weighted by molar-refractivity contribution is 1.48. The van der Waals surface area contributed by atoms with Crippen LogP contribution in [-0.2, 0) is 0 Å². The smallest absolute Gasteiger partial charge is 0.102 e. The van der Waals surface area contributed by atoms with Crippen molar-refractivity contribution in [1.82, 2.24) is 0 Å². The zero-order chi connectivity index (χ0) is 11.5. The molecule has 0 aliphatic rings. The molecular weight excluding hydrogens is 198 g/mol. The summed E-state index contributed by atoms with van der Waals surface area (Å²) in [5.74, 6) is 0. The first-order valence-electron chi connectivity index (χ1n) is 4.87. The van der Waals surface area contributed by atoms with Gasteiger partial charge in [0, 0.05) is 5.56 Å². The molecule has 0 unspecified atom stereocenters. The second kappa shape index (κ2) is 3.95. The Morgan fingerprint density at radius 2 is 1.62 bits per heavy atom. The Hall–Kier alpha value is -2.47. The molecule has 4 N–H and O–H groups in total. The third-order valence-electron chi connectivity index (χ3n) is 2.48. The number of benzene rings is 2. The van der Waals surface area contributed by atoms with Gasteiger partial charge in [0.05, 0.1) is 16.9 Å². The van der Waals surface area contributed by atoms with Crippen molar-refractivity contribution in [2.75, 3.05) is 11.5 Å². The van der Waals surface area contributed by atoms with E-state index in [4.69, 9.17) is 16.7 Å². The summed E-state index contributed by atoms with van der Waals surface area (Å²) in [4.78, 5) is 0. The zero-order valence-corrected chi connectivity index (χ0v) is 8.64. The topological polar surface area (TPSA) is 75.8 Å². The molecular formula is C13H11N3. The van der Waals surface area contributed by atoms with Crippen LogP contribution in [0, 0.1) is 11.3 Å². The zero-order valence-electron chi connectivity index (χ0n) is 8.64. The lowest BCUT2D eigenvalue weighted by atomic mass is 9.98. The molecule has 0 fully saturated rings. The van der Waals surface area contributed by atoms with E-state index in [0.717, 1.165) is 11.1 Å². The molecule has 0 saturated heterocycles. The van der Waals surface area contributed by atoms with Crippen molar-refractivity contribution in [2.45, 2.75) is 0 Å². The quantitative estimate of drug-likeness (QED) is 0.708. The molecule has 0 aliphatic carbocycles. The largest absolute Gasteiger partial charge is 0.397 e. The van der Waals surface area contributed by atoms with E-state index >= 15 is 0 Å². The molecule has 0 radical (unpaired) electrons. The van der Waals surface area contributed by atoms with Gasteiger partial charge in [0.15, 0.2) is 0 Å². The summed E-state index contributed by atoms with van der Waals surface area (Å²) in [6, 6.07) is 15.3. The molecule has 0 aromatic heterocycles. The maximum Gasteiger partial charge on any atom is 0.102 e. The number of anilines is 2. The summed E-state index contributed by atoms with van der Waals surface area (Å²) in [7, 11) is 0. The Labute approximate surface area is 93.9 Å². The van der Waals surface area contributed by atoms with E-state index in [9.17, 15) is 0 Å². The third kappa shape index (κ3) is 1.57. The number of nitrogens with zero attached hydrogens (tertiary/aromatic N) is 1. The summed E-state index contributed by atoms with van der Waals surface area (Å²) in [5, 5.41) is 9.10. The number of nitriles is 1. The van der Waals surface area contributed by atoms with E-state index < -0.39 is 0 Å². The molecule has 2 rings (SSSR count). The predicted molar refractivity (Wildman–Crippen MR) is 65.4 cm³/mol. The molecule has 3 heteroatoms. The highest BCUT2D eigenvalue weighted by Gasteiger charge is 2.09. The number of hydrogen-bond acceptors (Lipinski definition) is 3. The molecule has 2 aromatic rings. The van der Waals surface area contributed by atoms with Gasteiger partial charge < -0.3 is 11.5 Å². The number of nitrogen functional groups attached to an aromatic ring is 2. The Balaban J connectivity index is 2.68. The second-order valence-electron chi connectivity index (χ2n) is 3.47. The van der Waals surface area contributed by atoms with E-state index in [1.165, 1.54) is 0 Å². The lowest BCUT2D eigenvalue weighted by Crippen LogP contribution is -1.99. The SMILES string of the molecule is N#Cc1c(-c2ccccc2)ccc(N)c1N. The van der Waals surface area contributed by atoms with Gasteiger partial charge in [-0.2, -0.15) is 5.26 Å². The summed E-state index contributed by atoms with van der Waals surface area (Å²) in [6.45, 7) is 0. The van der Waals surface area contributed by atoms with E-state index in [-0.39, 0.29) is 0 Å². The van der Waals surface area contributed by atoms with Gasteiger partial charge >= 0.3 is 0 Å². The summed E-state index contributed by atoms with van der Waals surface area (Å²) >= 11 is 0. The van der Waals surface area contributed by atoms with Gasteiger partial charge in [0.2, 0.25) is 0 Å². The summed E-state index contributed by atoms with van der Waals surface area (Å²) in [5.41, 5.74) is 14.5. The molecule has 2 aromatic carbocycles. The van der Waals surface area contributed by atoms with Gasteiger partial charge in [-0.25, -0.2) is 0 Å². The first kappa shape index (κ1) is 10.1. The minimum atomic E-state index is 0.351. The van der Waals surface area contributed by atoms with Crippen LogP contribution in [0.3, 0.4) is 0 Å². The van der Waals surface area contributed by atoms with Crippen LogP contribution in [0.2, 0.25) is 0 Å². The fourth-order valence-corrected chi connectivity index (χ4v) is 1.61. The Morgan fingerprint density at radius 1 is 0.938 bits per heavy atom. The first-order valence-corrected chi connectivity index (χ1v) is 4.87. The van der Waals surface area contributed by atoms with Gasteiger partial charge in [-0.15, -0.1) is 0 Å². The fourth-order valence-electron chi connectivity index (χ4n) is 1.61. The Kier molecular flexibility index (Phi) is 2.49. The normalized spacial score (nSPS) is 9.69. The molecule has 0 aliphatic heterocycles. The van der Waals surface area contributed by atoms with Crippen molar-refractivity contribution in [3.05, 3.63) is 48.0 Å². The second-order valence-corrected chi connectivity index (χ2v) is 3.47. The Bertz CT molecular complexity index is 553. The highest BCUT2D eigenvalue weighted by molar-refractivity contribution is 5.83. The van der Waals surface area contributed by atoms with E-state index in [0.29, 0.717) is 16.9 Å². The average Bonchev–Trinajstić information content (AvgIpc) is 2.33. The maximum atomic E-state index is 9.10. The van der Waals surface area contributed by atoms with Crippen LogP contribution in [0.15, 0.2) is 42.5 Å². The fraction of sp³-hybridized carbons (Fsp3) is 0. The van der Waals surface area contributed by atoms with Gasteiger partial charge in [-0.1, -0.05) is 36.4 Å². The van der Waals surface area contributed by atoms with Crippen molar-refractivity contribution in [3.63, 3.8) is 0 Å². The standard InChI is InChI=1S/C13H11N3/c14-8-11-10(6-7-12(15)13(11)16)9-4-2-1-3-5-9/h1-7H,15-16H2. The summed E-state index contributed by atoms with van der Waals surface area (Å²) in [6.07, 6.45) is 0. The van der Waals surface area contributed by atoms with Crippen LogP contribution in [0.4, 0.5) is 11.4 Å². The molecule has 3 nitrogen and oxygen atoms in total. The lowest BCUT2D eigenvalue weighted by Gasteiger charge is -2.08. The van der Waals surface area contributed by atoms with Gasteiger partial charge in [-0.3, -0.25) is 0 Å². The molecule has 0 atom stereocenters. The molecule has 0 saturated carbocycles. The average molecular weight is 209 g/mol.